The van der Waals surface area contributed by atoms with E-state index in [9.17, 15) is 9.90 Å². The monoisotopic (exact) mass is 338 g/mol. The number of aromatic nitrogens is 3. The van der Waals surface area contributed by atoms with E-state index >= 15 is 0 Å². The highest BCUT2D eigenvalue weighted by Crippen LogP contribution is 2.28. The molecule has 0 N–H and O–H groups in total. The number of carboxylic acids is 1. The van der Waals surface area contributed by atoms with Crippen LogP contribution in [0.15, 0.2) is 53.7 Å². The van der Waals surface area contributed by atoms with Crippen LogP contribution >= 0.6 is 11.8 Å². The van der Waals surface area contributed by atoms with Crippen LogP contribution in [0.2, 0.25) is 0 Å². The Morgan fingerprint density at radius 3 is 2.17 bits per heavy atom. The molecule has 1 aromatic heterocycles. The van der Waals surface area contributed by atoms with E-state index in [4.69, 9.17) is 0 Å². The maximum Gasteiger partial charge on any atom is 0.196 e. The zero-order valence-corrected chi connectivity index (χ0v) is 14.2. The second-order valence-electron chi connectivity index (χ2n) is 5.50. The third-order valence-electron chi connectivity index (χ3n) is 3.55. The lowest BCUT2D eigenvalue weighted by molar-refractivity contribution is -0.301. The number of carboxylic acid groups (broad SMARTS) is 1. The van der Waals surface area contributed by atoms with Gasteiger partial charge in [-0.05, 0) is 26.0 Å². The predicted molar refractivity (Wildman–Crippen MR) is 92.0 cm³/mol. The van der Waals surface area contributed by atoms with Crippen molar-refractivity contribution in [2.45, 2.75) is 19.0 Å². The van der Waals surface area contributed by atoms with Crippen molar-refractivity contribution in [2.24, 2.45) is 0 Å². The first-order chi connectivity index (χ1) is 11.5. The number of carbonyl (C=O) groups excluding carboxylic acids is 1. The lowest BCUT2D eigenvalue weighted by Crippen LogP contribution is -2.24. The minimum Gasteiger partial charge on any atom is -0.549 e. The van der Waals surface area contributed by atoms with Crippen molar-refractivity contribution < 1.29 is 9.90 Å². The van der Waals surface area contributed by atoms with Crippen LogP contribution in [0.5, 0.6) is 0 Å². The van der Waals surface area contributed by atoms with Gasteiger partial charge in [0, 0.05) is 17.0 Å². The van der Waals surface area contributed by atoms with Gasteiger partial charge < -0.3 is 9.90 Å². The van der Waals surface area contributed by atoms with E-state index in [1.807, 2.05) is 66.9 Å². The molecule has 0 aliphatic heterocycles. The van der Waals surface area contributed by atoms with Gasteiger partial charge in [-0.1, -0.05) is 59.3 Å². The summed E-state index contributed by atoms with van der Waals surface area (Å²) in [5, 5.41) is 19.8. The molecular weight excluding hydrogens is 322 g/mol. The summed E-state index contributed by atoms with van der Waals surface area (Å²) in [6.45, 7) is 4.04. The van der Waals surface area contributed by atoms with Crippen LogP contribution in [-0.2, 0) is 4.79 Å². The van der Waals surface area contributed by atoms with E-state index < -0.39 is 5.97 Å². The summed E-state index contributed by atoms with van der Waals surface area (Å²) in [5.74, 6) is -0.618. The summed E-state index contributed by atoms with van der Waals surface area (Å²) in [4.78, 5) is 10.8. The molecule has 0 bridgehead atoms. The van der Waals surface area contributed by atoms with Crippen molar-refractivity contribution in [3.63, 3.8) is 0 Å². The number of hydrogen-bond acceptors (Lipinski definition) is 5. The van der Waals surface area contributed by atoms with Crippen LogP contribution in [0.25, 0.3) is 17.1 Å². The predicted octanol–water partition coefficient (Wildman–Crippen LogP) is 2.39. The van der Waals surface area contributed by atoms with Gasteiger partial charge in [-0.2, -0.15) is 0 Å². The van der Waals surface area contributed by atoms with Crippen molar-refractivity contribution in [1.82, 2.24) is 14.8 Å². The van der Waals surface area contributed by atoms with Gasteiger partial charge in [-0.25, -0.2) is 0 Å². The molecule has 122 valence electrons. The van der Waals surface area contributed by atoms with Crippen molar-refractivity contribution in [1.29, 1.82) is 0 Å². The van der Waals surface area contributed by atoms with E-state index in [2.05, 4.69) is 10.2 Å². The van der Waals surface area contributed by atoms with Crippen LogP contribution < -0.4 is 5.11 Å². The fourth-order valence-corrected chi connectivity index (χ4v) is 2.97. The minimum atomic E-state index is -1.13. The van der Waals surface area contributed by atoms with Crippen LogP contribution in [0, 0.1) is 13.8 Å². The SMILES string of the molecule is Cc1ccc(-c2nnc(SCC(=O)[O-])n2-c2ccc(C)cc2)cc1. The van der Waals surface area contributed by atoms with E-state index in [1.165, 1.54) is 0 Å². The molecule has 0 saturated carbocycles. The highest BCUT2D eigenvalue weighted by atomic mass is 32.2. The number of carbonyl (C=O) groups is 1. The zero-order valence-electron chi connectivity index (χ0n) is 13.4. The second-order valence-corrected chi connectivity index (χ2v) is 6.45. The Morgan fingerprint density at radius 2 is 1.58 bits per heavy atom. The summed E-state index contributed by atoms with van der Waals surface area (Å²) in [6.07, 6.45) is 0. The molecule has 1 heterocycles. The Labute approximate surface area is 144 Å². The molecule has 0 radical (unpaired) electrons. The molecule has 0 unspecified atom stereocenters. The van der Waals surface area contributed by atoms with Crippen molar-refractivity contribution >= 4 is 17.7 Å². The van der Waals surface area contributed by atoms with Gasteiger partial charge in [0.05, 0.1) is 5.97 Å². The normalized spacial score (nSPS) is 10.8. The van der Waals surface area contributed by atoms with Gasteiger partial charge >= 0.3 is 0 Å². The van der Waals surface area contributed by atoms with E-state index in [1.54, 1.807) is 0 Å². The molecule has 3 aromatic rings. The minimum absolute atomic E-state index is 0.169. The third-order valence-corrected chi connectivity index (χ3v) is 4.46. The molecule has 0 atom stereocenters. The Kier molecular flexibility index (Phi) is 4.66. The Hall–Kier alpha value is -2.60. The molecule has 0 aliphatic rings. The van der Waals surface area contributed by atoms with Gasteiger partial charge in [0.2, 0.25) is 0 Å². The highest BCUT2D eigenvalue weighted by Gasteiger charge is 2.16. The first kappa shape index (κ1) is 16.3. The molecule has 5 nitrogen and oxygen atoms in total. The number of hydrogen-bond donors (Lipinski definition) is 0. The molecule has 0 aliphatic carbocycles. The Balaban J connectivity index is 2.09. The summed E-state index contributed by atoms with van der Waals surface area (Å²) in [5.41, 5.74) is 4.12. The van der Waals surface area contributed by atoms with E-state index in [0.29, 0.717) is 11.0 Å². The van der Waals surface area contributed by atoms with Crippen LogP contribution in [-0.4, -0.2) is 26.5 Å². The van der Waals surface area contributed by atoms with Gasteiger partial charge in [0.25, 0.3) is 0 Å². The third kappa shape index (κ3) is 3.49. The van der Waals surface area contributed by atoms with Crippen LogP contribution in [0.1, 0.15) is 11.1 Å². The molecule has 2 aromatic carbocycles. The largest absolute Gasteiger partial charge is 0.549 e. The topological polar surface area (TPSA) is 70.8 Å². The standard InChI is InChI=1S/C18H17N3O2S/c1-12-3-7-14(8-4-12)17-19-20-18(24-11-16(22)23)21(17)15-9-5-13(2)6-10-15/h3-10H,11H2,1-2H3,(H,22,23)/p-1. The first-order valence-corrected chi connectivity index (χ1v) is 8.45. The van der Waals surface area contributed by atoms with Crippen molar-refractivity contribution in [3.8, 4) is 17.1 Å². The number of nitrogens with zero attached hydrogens (tertiary/aromatic N) is 3. The zero-order chi connectivity index (χ0) is 17.1. The van der Waals surface area contributed by atoms with Gasteiger partial charge in [-0.3, -0.25) is 4.57 Å². The molecular formula is C18H16N3O2S-. The summed E-state index contributed by atoms with van der Waals surface area (Å²) in [6, 6.07) is 15.9. The number of aryl methyl sites for hydroxylation is 2. The highest BCUT2D eigenvalue weighted by molar-refractivity contribution is 7.99. The number of benzene rings is 2. The summed E-state index contributed by atoms with van der Waals surface area (Å²) in [7, 11) is 0. The first-order valence-electron chi connectivity index (χ1n) is 7.47. The van der Waals surface area contributed by atoms with E-state index in [0.717, 1.165) is 34.1 Å². The van der Waals surface area contributed by atoms with Gasteiger partial charge in [0.1, 0.15) is 0 Å². The average Bonchev–Trinajstić information content (AvgIpc) is 2.98. The summed E-state index contributed by atoms with van der Waals surface area (Å²) < 4.78 is 1.87. The molecule has 24 heavy (non-hydrogen) atoms. The Morgan fingerprint density at radius 1 is 1.00 bits per heavy atom. The maximum absolute atomic E-state index is 10.8. The smallest absolute Gasteiger partial charge is 0.196 e. The lowest BCUT2D eigenvalue weighted by Gasteiger charge is -2.11. The molecule has 0 amide bonds. The van der Waals surface area contributed by atoms with Crippen LogP contribution in [0.4, 0.5) is 0 Å². The average molecular weight is 338 g/mol. The molecule has 3 rings (SSSR count). The Bertz CT molecular complexity index is 855. The quantitative estimate of drug-likeness (QED) is 0.668. The number of aliphatic carboxylic acids is 1. The van der Waals surface area contributed by atoms with Crippen molar-refractivity contribution in [2.75, 3.05) is 5.75 Å². The molecule has 0 saturated heterocycles. The number of rotatable bonds is 5. The van der Waals surface area contributed by atoms with Crippen LogP contribution in [0.3, 0.4) is 0 Å². The molecule has 0 spiro atoms. The molecule has 6 heteroatoms. The van der Waals surface area contributed by atoms with Crippen molar-refractivity contribution in [3.05, 3.63) is 59.7 Å². The van der Waals surface area contributed by atoms with E-state index in [-0.39, 0.29) is 5.75 Å². The summed E-state index contributed by atoms with van der Waals surface area (Å²) >= 11 is 1.10. The fraction of sp³-hybridized carbons (Fsp3) is 0.167. The van der Waals surface area contributed by atoms with Gasteiger partial charge in [-0.15, -0.1) is 10.2 Å². The second kappa shape index (κ2) is 6.88. The fourth-order valence-electron chi connectivity index (χ4n) is 2.30. The molecule has 0 fully saturated rings. The van der Waals surface area contributed by atoms with Gasteiger partial charge in [0.15, 0.2) is 11.0 Å². The maximum atomic E-state index is 10.8. The lowest BCUT2D eigenvalue weighted by atomic mass is 10.1. The number of thioether (sulfide) groups is 1.